The molecule has 3 aromatic rings. The fourth-order valence-electron chi connectivity index (χ4n) is 4.23. The molecule has 0 radical (unpaired) electrons. The highest BCUT2D eigenvalue weighted by atomic mass is 16.6. The summed E-state index contributed by atoms with van der Waals surface area (Å²) in [6.45, 7) is 3.65. The second-order valence-electron chi connectivity index (χ2n) is 8.27. The normalized spacial score (nSPS) is 12.6. The highest BCUT2D eigenvalue weighted by molar-refractivity contribution is 5.85. The number of carboxylic acids is 1. The molecule has 0 spiro atoms. The van der Waals surface area contributed by atoms with Crippen molar-refractivity contribution in [2.45, 2.75) is 18.4 Å². The van der Waals surface area contributed by atoms with Gasteiger partial charge in [-0.25, -0.2) is 14.4 Å². The fraction of sp³-hybridized carbons (Fsp3) is 0.179. The number of aliphatic carboxylic acids is 1. The maximum atomic E-state index is 12.5. The van der Waals surface area contributed by atoms with Crippen LogP contribution >= 0.6 is 0 Å². The van der Waals surface area contributed by atoms with Crippen LogP contribution in [-0.2, 0) is 20.7 Å². The average Bonchev–Trinajstić information content (AvgIpc) is 3.20. The van der Waals surface area contributed by atoms with Gasteiger partial charge in [0.15, 0.2) is 0 Å². The summed E-state index contributed by atoms with van der Waals surface area (Å²) < 4.78 is 10.3. The number of amides is 2. The van der Waals surface area contributed by atoms with E-state index in [4.69, 9.17) is 9.47 Å². The number of alkyl carbamates (subject to hydrolysis) is 1. The van der Waals surface area contributed by atoms with Gasteiger partial charge in [0.1, 0.15) is 19.3 Å². The van der Waals surface area contributed by atoms with Crippen LogP contribution in [0.2, 0.25) is 0 Å². The van der Waals surface area contributed by atoms with Crippen LogP contribution in [0.15, 0.2) is 85.5 Å². The predicted octanol–water partition coefficient (Wildman–Crippen LogP) is 4.96. The summed E-state index contributed by atoms with van der Waals surface area (Å²) in [6.07, 6.45) is 0.0782. The summed E-state index contributed by atoms with van der Waals surface area (Å²) in [6, 6.07) is 21.3. The number of nitrogens with one attached hydrogen (secondary N) is 2. The van der Waals surface area contributed by atoms with Gasteiger partial charge in [-0.1, -0.05) is 73.3 Å². The largest absolute Gasteiger partial charge is 0.480 e. The first kappa shape index (κ1) is 24.5. The van der Waals surface area contributed by atoms with E-state index in [0.29, 0.717) is 11.3 Å². The van der Waals surface area contributed by atoms with Crippen molar-refractivity contribution in [3.8, 4) is 11.1 Å². The van der Waals surface area contributed by atoms with Crippen LogP contribution in [0.5, 0.6) is 0 Å². The quantitative estimate of drug-likeness (QED) is 0.369. The third-order valence-corrected chi connectivity index (χ3v) is 5.91. The molecule has 0 heterocycles. The molecule has 0 aromatic heterocycles. The Kier molecular flexibility index (Phi) is 7.65. The Labute approximate surface area is 208 Å². The number of anilines is 1. The van der Waals surface area contributed by atoms with Crippen LogP contribution in [0.25, 0.3) is 11.1 Å². The molecular formula is C28H26N2O6. The molecule has 0 aliphatic heterocycles. The number of rotatable bonds is 9. The van der Waals surface area contributed by atoms with Gasteiger partial charge in [-0.05, 0) is 39.9 Å². The molecular weight excluding hydrogens is 460 g/mol. The number of fused-ring (bicyclic) bond motifs is 3. The maximum absolute atomic E-state index is 12.5. The van der Waals surface area contributed by atoms with Crippen LogP contribution in [-0.4, -0.2) is 42.5 Å². The number of ether oxygens (including phenoxy) is 2. The van der Waals surface area contributed by atoms with Crippen molar-refractivity contribution in [1.82, 2.24) is 5.32 Å². The van der Waals surface area contributed by atoms with E-state index < -0.39 is 24.2 Å². The van der Waals surface area contributed by atoms with Crippen LogP contribution in [0.4, 0.5) is 15.3 Å². The van der Waals surface area contributed by atoms with E-state index in [1.54, 1.807) is 24.3 Å². The number of carbonyl (C=O) groups excluding carboxylic acids is 2. The molecule has 3 N–H and O–H groups in total. The molecule has 3 aromatic carbocycles. The maximum Gasteiger partial charge on any atom is 0.411 e. The molecule has 0 fully saturated rings. The Morgan fingerprint density at radius 1 is 0.889 bits per heavy atom. The van der Waals surface area contributed by atoms with Gasteiger partial charge in [-0.15, -0.1) is 0 Å². The van der Waals surface area contributed by atoms with Crippen LogP contribution in [0.1, 0.15) is 22.6 Å². The van der Waals surface area contributed by atoms with Gasteiger partial charge in [0.05, 0.1) is 0 Å². The molecule has 1 atom stereocenters. The number of carboxylic acid groups (broad SMARTS) is 1. The van der Waals surface area contributed by atoms with Crippen molar-refractivity contribution in [1.29, 1.82) is 0 Å². The second-order valence-corrected chi connectivity index (χ2v) is 8.27. The average molecular weight is 487 g/mol. The highest BCUT2D eigenvalue weighted by Gasteiger charge is 2.29. The van der Waals surface area contributed by atoms with E-state index in [0.717, 1.165) is 22.3 Å². The molecule has 0 bridgehead atoms. The zero-order valence-corrected chi connectivity index (χ0v) is 19.5. The van der Waals surface area contributed by atoms with Gasteiger partial charge in [-0.3, -0.25) is 5.32 Å². The van der Waals surface area contributed by atoms with Gasteiger partial charge in [0.25, 0.3) is 0 Å². The molecule has 4 rings (SSSR count). The molecule has 8 nitrogen and oxygen atoms in total. The minimum absolute atomic E-state index is 0.0424. The Balaban J connectivity index is 1.34. The second kappa shape index (κ2) is 11.2. The van der Waals surface area contributed by atoms with E-state index in [-0.39, 0.29) is 25.6 Å². The lowest BCUT2D eigenvalue weighted by Crippen LogP contribution is -2.42. The summed E-state index contributed by atoms with van der Waals surface area (Å²) >= 11 is 0. The fourth-order valence-corrected chi connectivity index (χ4v) is 4.23. The first-order valence-electron chi connectivity index (χ1n) is 11.4. The van der Waals surface area contributed by atoms with Crippen molar-refractivity contribution >= 4 is 23.8 Å². The molecule has 1 aliphatic carbocycles. The number of hydrogen-bond acceptors (Lipinski definition) is 5. The standard InChI is InChI=1S/C28H26N2O6/c1-2-15-35-27(33)29-19-13-11-18(12-14-19)16-25(26(31)32)30-28(34)36-17-24-22-9-5-3-7-20(22)21-8-4-6-10-23(21)24/h2-14,24-25H,1,15-17H2,(H,29,33)(H,30,34)(H,31,32). The van der Waals surface area contributed by atoms with Gasteiger partial charge >= 0.3 is 18.2 Å². The molecule has 0 saturated heterocycles. The lowest BCUT2D eigenvalue weighted by molar-refractivity contribution is -0.139. The Morgan fingerprint density at radius 3 is 2.08 bits per heavy atom. The molecule has 36 heavy (non-hydrogen) atoms. The first-order chi connectivity index (χ1) is 17.5. The molecule has 1 unspecified atom stereocenters. The van der Waals surface area contributed by atoms with Crippen molar-refractivity contribution in [2.24, 2.45) is 0 Å². The van der Waals surface area contributed by atoms with Crippen molar-refractivity contribution in [3.05, 3.63) is 102 Å². The summed E-state index contributed by atoms with van der Waals surface area (Å²) in [5.74, 6) is -1.30. The van der Waals surface area contributed by atoms with Crippen LogP contribution in [0.3, 0.4) is 0 Å². The predicted molar refractivity (Wildman–Crippen MR) is 135 cm³/mol. The lowest BCUT2D eigenvalue weighted by atomic mass is 9.98. The Morgan fingerprint density at radius 2 is 1.50 bits per heavy atom. The topological polar surface area (TPSA) is 114 Å². The third-order valence-electron chi connectivity index (χ3n) is 5.91. The van der Waals surface area contributed by atoms with Gasteiger partial charge < -0.3 is 19.9 Å². The molecule has 8 heteroatoms. The van der Waals surface area contributed by atoms with Gasteiger partial charge in [0.2, 0.25) is 0 Å². The monoisotopic (exact) mass is 486 g/mol. The van der Waals surface area contributed by atoms with E-state index >= 15 is 0 Å². The van der Waals surface area contributed by atoms with E-state index in [9.17, 15) is 19.5 Å². The molecule has 0 saturated carbocycles. The van der Waals surface area contributed by atoms with Crippen molar-refractivity contribution < 1.29 is 29.0 Å². The molecule has 1 aliphatic rings. The summed E-state index contributed by atoms with van der Waals surface area (Å²) in [7, 11) is 0. The lowest BCUT2D eigenvalue weighted by Gasteiger charge is -2.17. The SMILES string of the molecule is C=CCOC(=O)Nc1ccc(CC(NC(=O)OCC2c3ccccc3-c3ccccc32)C(=O)O)cc1. The minimum Gasteiger partial charge on any atom is -0.480 e. The highest BCUT2D eigenvalue weighted by Crippen LogP contribution is 2.44. The van der Waals surface area contributed by atoms with E-state index in [1.165, 1.54) is 6.08 Å². The molecule has 2 amide bonds. The summed E-state index contributed by atoms with van der Waals surface area (Å²) in [5.41, 5.74) is 5.51. The van der Waals surface area contributed by atoms with E-state index in [2.05, 4.69) is 17.2 Å². The van der Waals surface area contributed by atoms with Crippen LogP contribution in [0, 0.1) is 0 Å². The minimum atomic E-state index is -1.18. The number of hydrogen-bond donors (Lipinski definition) is 3. The number of benzene rings is 3. The van der Waals surface area contributed by atoms with E-state index in [1.807, 2.05) is 48.5 Å². The zero-order valence-electron chi connectivity index (χ0n) is 19.5. The number of carbonyl (C=O) groups is 3. The van der Waals surface area contributed by atoms with Crippen molar-refractivity contribution in [2.75, 3.05) is 18.5 Å². The van der Waals surface area contributed by atoms with Crippen molar-refractivity contribution in [3.63, 3.8) is 0 Å². The third kappa shape index (κ3) is 5.72. The smallest absolute Gasteiger partial charge is 0.411 e. The van der Waals surface area contributed by atoms with Gasteiger partial charge in [-0.2, -0.15) is 0 Å². The molecule has 184 valence electrons. The Hall–Kier alpha value is -4.59. The van der Waals surface area contributed by atoms with Crippen LogP contribution < -0.4 is 10.6 Å². The summed E-state index contributed by atoms with van der Waals surface area (Å²) in [5, 5.41) is 14.6. The summed E-state index contributed by atoms with van der Waals surface area (Å²) in [4.78, 5) is 35.9. The first-order valence-corrected chi connectivity index (χ1v) is 11.4. The van der Waals surface area contributed by atoms with Gasteiger partial charge in [0, 0.05) is 18.0 Å². The zero-order chi connectivity index (χ0) is 25.5. The Bertz CT molecular complexity index is 1230.